The van der Waals surface area contributed by atoms with Gasteiger partial charge in [-0.3, -0.25) is 0 Å². The summed E-state index contributed by atoms with van der Waals surface area (Å²) in [6.07, 6.45) is 4.55. The van der Waals surface area contributed by atoms with Crippen LogP contribution < -0.4 is 5.32 Å². The molecule has 1 aliphatic rings. The lowest BCUT2D eigenvalue weighted by molar-refractivity contribution is 0.408. The van der Waals surface area contributed by atoms with E-state index in [2.05, 4.69) is 40.6 Å². The SMILES string of the molecule is Cc1ccc2c(c1)C(NCCc1ncon1)CC2. The molecule has 1 heterocycles. The molecular weight excluding hydrogens is 226 g/mol. The van der Waals surface area contributed by atoms with Crippen LogP contribution in [0.5, 0.6) is 0 Å². The molecule has 1 aromatic carbocycles. The Labute approximate surface area is 106 Å². The van der Waals surface area contributed by atoms with Gasteiger partial charge in [-0.15, -0.1) is 0 Å². The lowest BCUT2D eigenvalue weighted by Gasteiger charge is -2.13. The van der Waals surface area contributed by atoms with E-state index < -0.39 is 0 Å². The van der Waals surface area contributed by atoms with Crippen molar-refractivity contribution in [3.05, 3.63) is 47.1 Å². The number of hydrogen-bond acceptors (Lipinski definition) is 4. The lowest BCUT2D eigenvalue weighted by Crippen LogP contribution is -2.22. The molecule has 0 aliphatic heterocycles. The molecule has 0 spiro atoms. The van der Waals surface area contributed by atoms with Crippen molar-refractivity contribution in [1.82, 2.24) is 15.5 Å². The summed E-state index contributed by atoms with van der Waals surface area (Å²) in [7, 11) is 0. The molecule has 1 aromatic heterocycles. The summed E-state index contributed by atoms with van der Waals surface area (Å²) in [4.78, 5) is 4.02. The predicted molar refractivity (Wildman–Crippen MR) is 68.2 cm³/mol. The zero-order valence-electron chi connectivity index (χ0n) is 10.5. The summed E-state index contributed by atoms with van der Waals surface area (Å²) < 4.78 is 4.72. The highest BCUT2D eigenvalue weighted by Gasteiger charge is 2.21. The number of aromatic nitrogens is 2. The van der Waals surface area contributed by atoms with Crippen molar-refractivity contribution in [3.63, 3.8) is 0 Å². The Morgan fingerprint density at radius 3 is 3.22 bits per heavy atom. The van der Waals surface area contributed by atoms with Crippen LogP contribution in [0.15, 0.2) is 29.1 Å². The number of nitrogens with one attached hydrogen (secondary N) is 1. The van der Waals surface area contributed by atoms with Gasteiger partial charge in [-0.05, 0) is 30.9 Å². The zero-order valence-corrected chi connectivity index (χ0v) is 10.5. The molecule has 1 unspecified atom stereocenters. The van der Waals surface area contributed by atoms with E-state index in [9.17, 15) is 0 Å². The Hall–Kier alpha value is -1.68. The van der Waals surface area contributed by atoms with Crippen molar-refractivity contribution in [2.75, 3.05) is 6.54 Å². The van der Waals surface area contributed by atoms with Crippen LogP contribution in [0.2, 0.25) is 0 Å². The summed E-state index contributed by atoms with van der Waals surface area (Å²) in [5, 5.41) is 7.39. The maximum absolute atomic E-state index is 4.72. The van der Waals surface area contributed by atoms with Gasteiger partial charge in [-0.2, -0.15) is 4.98 Å². The van der Waals surface area contributed by atoms with E-state index in [0.717, 1.165) is 18.8 Å². The second-order valence-corrected chi connectivity index (χ2v) is 4.85. The van der Waals surface area contributed by atoms with Crippen molar-refractivity contribution in [1.29, 1.82) is 0 Å². The van der Waals surface area contributed by atoms with E-state index in [0.29, 0.717) is 6.04 Å². The average molecular weight is 243 g/mol. The number of benzene rings is 1. The Balaban J connectivity index is 1.61. The minimum Gasteiger partial charge on any atom is -0.343 e. The monoisotopic (exact) mass is 243 g/mol. The number of fused-ring (bicyclic) bond motifs is 1. The van der Waals surface area contributed by atoms with Crippen LogP contribution in [-0.4, -0.2) is 16.7 Å². The van der Waals surface area contributed by atoms with Crippen LogP contribution in [0.3, 0.4) is 0 Å². The first-order valence-electron chi connectivity index (χ1n) is 6.41. The smallest absolute Gasteiger partial charge is 0.213 e. The average Bonchev–Trinajstić information content (AvgIpc) is 2.99. The van der Waals surface area contributed by atoms with Crippen LogP contribution in [0, 0.1) is 6.92 Å². The fourth-order valence-electron chi connectivity index (χ4n) is 2.59. The third kappa shape index (κ3) is 2.29. The second kappa shape index (κ2) is 4.90. The summed E-state index contributed by atoms with van der Waals surface area (Å²) in [5.41, 5.74) is 4.28. The van der Waals surface area contributed by atoms with Crippen LogP contribution in [0.25, 0.3) is 0 Å². The van der Waals surface area contributed by atoms with E-state index in [1.54, 1.807) is 0 Å². The first-order valence-corrected chi connectivity index (χ1v) is 6.41. The van der Waals surface area contributed by atoms with E-state index in [4.69, 9.17) is 4.52 Å². The predicted octanol–water partition coefficient (Wildman–Crippen LogP) is 2.20. The first-order chi connectivity index (χ1) is 8.83. The van der Waals surface area contributed by atoms with Gasteiger partial charge in [0.2, 0.25) is 6.39 Å². The molecule has 0 fully saturated rings. The van der Waals surface area contributed by atoms with Gasteiger partial charge < -0.3 is 9.84 Å². The highest BCUT2D eigenvalue weighted by molar-refractivity contribution is 5.37. The molecule has 3 rings (SSSR count). The third-order valence-corrected chi connectivity index (χ3v) is 3.53. The molecule has 0 radical (unpaired) electrons. The highest BCUT2D eigenvalue weighted by Crippen LogP contribution is 2.31. The minimum absolute atomic E-state index is 0.479. The van der Waals surface area contributed by atoms with Gasteiger partial charge in [-0.1, -0.05) is 28.9 Å². The minimum atomic E-state index is 0.479. The number of hydrogen-bond donors (Lipinski definition) is 1. The molecule has 4 nitrogen and oxygen atoms in total. The van der Waals surface area contributed by atoms with Crippen molar-refractivity contribution in [3.8, 4) is 0 Å². The van der Waals surface area contributed by atoms with Gasteiger partial charge in [0.25, 0.3) is 0 Å². The van der Waals surface area contributed by atoms with Crippen molar-refractivity contribution >= 4 is 0 Å². The summed E-state index contributed by atoms with van der Waals surface area (Å²) in [5.74, 6) is 0.768. The molecule has 1 N–H and O–H groups in total. The fraction of sp³-hybridized carbons (Fsp3) is 0.429. The van der Waals surface area contributed by atoms with Crippen LogP contribution in [-0.2, 0) is 12.8 Å². The summed E-state index contributed by atoms with van der Waals surface area (Å²) >= 11 is 0. The van der Waals surface area contributed by atoms with Crippen molar-refractivity contribution in [2.24, 2.45) is 0 Å². The van der Waals surface area contributed by atoms with Gasteiger partial charge >= 0.3 is 0 Å². The number of rotatable bonds is 4. The van der Waals surface area contributed by atoms with Gasteiger partial charge in [0.05, 0.1) is 0 Å². The highest BCUT2D eigenvalue weighted by atomic mass is 16.5. The third-order valence-electron chi connectivity index (χ3n) is 3.53. The molecule has 0 saturated carbocycles. The molecule has 1 atom stereocenters. The first kappa shape index (κ1) is 11.4. The van der Waals surface area contributed by atoms with Crippen LogP contribution in [0.4, 0.5) is 0 Å². The van der Waals surface area contributed by atoms with Crippen LogP contribution >= 0.6 is 0 Å². The maximum atomic E-state index is 4.72. The molecule has 0 bridgehead atoms. The molecule has 94 valence electrons. The fourth-order valence-corrected chi connectivity index (χ4v) is 2.59. The quantitative estimate of drug-likeness (QED) is 0.894. The van der Waals surface area contributed by atoms with Gasteiger partial charge in [0.15, 0.2) is 5.82 Å². The molecule has 18 heavy (non-hydrogen) atoms. The molecule has 0 saturated heterocycles. The Morgan fingerprint density at radius 2 is 2.39 bits per heavy atom. The van der Waals surface area contributed by atoms with Crippen molar-refractivity contribution < 1.29 is 4.52 Å². The topological polar surface area (TPSA) is 51.0 Å². The van der Waals surface area contributed by atoms with Gasteiger partial charge in [0.1, 0.15) is 0 Å². The largest absolute Gasteiger partial charge is 0.343 e. The summed E-state index contributed by atoms with van der Waals surface area (Å²) in [6.45, 7) is 3.03. The molecular formula is C14H17N3O. The standard InChI is InChI=1S/C14H17N3O/c1-10-2-3-11-4-5-13(12(11)8-10)15-7-6-14-16-9-18-17-14/h2-3,8-9,13,15H,4-7H2,1H3. The van der Waals surface area contributed by atoms with Crippen molar-refractivity contribution in [2.45, 2.75) is 32.2 Å². The molecule has 4 heteroatoms. The van der Waals surface area contributed by atoms with E-state index in [1.165, 1.54) is 35.9 Å². The van der Waals surface area contributed by atoms with Crippen LogP contribution in [0.1, 0.15) is 35.0 Å². The Bertz CT molecular complexity index is 522. The zero-order chi connectivity index (χ0) is 12.4. The Kier molecular flexibility index (Phi) is 3.11. The van der Waals surface area contributed by atoms with E-state index >= 15 is 0 Å². The number of aryl methyl sites for hydroxylation is 2. The van der Waals surface area contributed by atoms with E-state index in [1.807, 2.05) is 0 Å². The maximum Gasteiger partial charge on any atom is 0.213 e. The van der Waals surface area contributed by atoms with Gasteiger partial charge in [0, 0.05) is 19.0 Å². The van der Waals surface area contributed by atoms with E-state index in [-0.39, 0.29) is 0 Å². The molecule has 0 amide bonds. The Morgan fingerprint density at radius 1 is 1.44 bits per heavy atom. The lowest BCUT2D eigenvalue weighted by atomic mass is 10.1. The molecule has 1 aliphatic carbocycles. The normalized spacial score (nSPS) is 17.9. The second-order valence-electron chi connectivity index (χ2n) is 4.85. The molecule has 2 aromatic rings. The summed E-state index contributed by atoms with van der Waals surface area (Å²) in [6, 6.07) is 7.23. The van der Waals surface area contributed by atoms with Gasteiger partial charge in [-0.25, -0.2) is 0 Å². The number of nitrogens with zero attached hydrogens (tertiary/aromatic N) is 2.